The fourth-order valence-corrected chi connectivity index (χ4v) is 2.27. The van der Waals surface area contributed by atoms with E-state index in [1.165, 1.54) is 0 Å². The molecule has 0 unspecified atom stereocenters. The van der Waals surface area contributed by atoms with Crippen LogP contribution in [0.25, 0.3) is 22.6 Å². The molecule has 0 saturated carbocycles. The molecule has 6 nitrogen and oxygen atoms in total. The summed E-state index contributed by atoms with van der Waals surface area (Å²) in [4.78, 5) is 4.45. The maximum absolute atomic E-state index is 5.76. The third kappa shape index (κ3) is 2.28. The Kier molecular flexibility index (Phi) is 3.50. The van der Waals surface area contributed by atoms with Crippen LogP contribution in [0.5, 0.6) is 17.2 Å². The zero-order valence-electron chi connectivity index (χ0n) is 12.5. The summed E-state index contributed by atoms with van der Waals surface area (Å²) in [7, 11) is 4.68. The van der Waals surface area contributed by atoms with Crippen molar-refractivity contribution < 1.29 is 18.6 Å². The molecule has 0 fully saturated rings. The van der Waals surface area contributed by atoms with Crippen LogP contribution in [-0.4, -0.2) is 26.3 Å². The molecule has 0 spiro atoms. The van der Waals surface area contributed by atoms with Crippen LogP contribution in [0.15, 0.2) is 34.7 Å². The summed E-state index contributed by atoms with van der Waals surface area (Å²) >= 11 is 0. The van der Waals surface area contributed by atoms with E-state index in [9.17, 15) is 0 Å². The van der Waals surface area contributed by atoms with E-state index in [0.29, 0.717) is 39.9 Å². The summed E-state index contributed by atoms with van der Waals surface area (Å²) in [6, 6.07) is 8.90. The first-order valence-electron chi connectivity index (χ1n) is 6.62. The number of fused-ring (bicyclic) bond motifs is 1. The first-order chi connectivity index (χ1) is 10.7. The maximum Gasteiger partial charge on any atom is 0.227 e. The fourth-order valence-electron chi connectivity index (χ4n) is 2.27. The standard InChI is InChI=1S/C16H16N2O4/c1-19-13-6-9(7-14(20-2)15(13)21-3)16-18-11-8-10(17)4-5-12(11)22-16/h4-8H,17H2,1-3H3. The Morgan fingerprint density at radius 2 is 1.64 bits per heavy atom. The molecular formula is C16H16N2O4. The first kappa shape index (κ1) is 14.1. The minimum absolute atomic E-state index is 0.458. The third-order valence-corrected chi connectivity index (χ3v) is 3.32. The highest BCUT2D eigenvalue weighted by Gasteiger charge is 2.17. The second-order valence-corrected chi connectivity index (χ2v) is 4.66. The molecule has 0 atom stereocenters. The first-order valence-corrected chi connectivity index (χ1v) is 6.62. The van der Waals surface area contributed by atoms with Gasteiger partial charge in [-0.15, -0.1) is 0 Å². The minimum Gasteiger partial charge on any atom is -0.493 e. The highest BCUT2D eigenvalue weighted by atomic mass is 16.5. The van der Waals surface area contributed by atoms with E-state index < -0.39 is 0 Å². The highest BCUT2D eigenvalue weighted by molar-refractivity contribution is 5.80. The largest absolute Gasteiger partial charge is 0.493 e. The van der Waals surface area contributed by atoms with Gasteiger partial charge in [-0.2, -0.15) is 0 Å². The van der Waals surface area contributed by atoms with Gasteiger partial charge < -0.3 is 24.4 Å². The van der Waals surface area contributed by atoms with Crippen molar-refractivity contribution in [2.75, 3.05) is 27.1 Å². The summed E-state index contributed by atoms with van der Waals surface area (Å²) in [5.74, 6) is 2.06. The van der Waals surface area contributed by atoms with E-state index in [2.05, 4.69) is 4.98 Å². The number of nitrogens with two attached hydrogens (primary N) is 1. The molecule has 0 aliphatic carbocycles. The molecule has 0 aliphatic heterocycles. The second kappa shape index (κ2) is 5.48. The molecule has 2 N–H and O–H groups in total. The molecule has 1 heterocycles. The van der Waals surface area contributed by atoms with Gasteiger partial charge in [-0.05, 0) is 30.3 Å². The van der Waals surface area contributed by atoms with E-state index in [1.807, 2.05) is 0 Å². The number of oxazole rings is 1. The normalized spacial score (nSPS) is 10.7. The fraction of sp³-hybridized carbons (Fsp3) is 0.188. The van der Waals surface area contributed by atoms with Crippen LogP contribution >= 0.6 is 0 Å². The van der Waals surface area contributed by atoms with Gasteiger partial charge in [0.15, 0.2) is 17.1 Å². The zero-order valence-corrected chi connectivity index (χ0v) is 12.5. The Morgan fingerprint density at radius 3 is 2.23 bits per heavy atom. The lowest BCUT2D eigenvalue weighted by Gasteiger charge is -2.12. The van der Waals surface area contributed by atoms with Gasteiger partial charge in [0.05, 0.1) is 21.3 Å². The van der Waals surface area contributed by atoms with Gasteiger partial charge >= 0.3 is 0 Å². The molecule has 0 aliphatic rings. The van der Waals surface area contributed by atoms with Gasteiger partial charge in [0.2, 0.25) is 11.6 Å². The highest BCUT2D eigenvalue weighted by Crippen LogP contribution is 2.41. The number of hydrogen-bond donors (Lipinski definition) is 1. The number of ether oxygens (including phenoxy) is 3. The summed E-state index contributed by atoms with van der Waals surface area (Å²) in [5.41, 5.74) is 8.49. The summed E-state index contributed by atoms with van der Waals surface area (Å²) in [5, 5.41) is 0. The van der Waals surface area contributed by atoms with E-state index in [1.54, 1.807) is 51.7 Å². The van der Waals surface area contributed by atoms with Gasteiger partial charge in [0.25, 0.3) is 0 Å². The lowest BCUT2D eigenvalue weighted by atomic mass is 10.2. The van der Waals surface area contributed by atoms with Crippen LogP contribution in [0, 0.1) is 0 Å². The predicted molar refractivity (Wildman–Crippen MR) is 83.5 cm³/mol. The molecule has 2 aromatic carbocycles. The number of nitrogens with zero attached hydrogens (tertiary/aromatic N) is 1. The van der Waals surface area contributed by atoms with Crippen molar-refractivity contribution in [3.8, 4) is 28.7 Å². The molecule has 6 heteroatoms. The molecule has 0 saturated heterocycles. The van der Waals surface area contributed by atoms with Gasteiger partial charge in [-0.3, -0.25) is 0 Å². The zero-order chi connectivity index (χ0) is 15.7. The van der Waals surface area contributed by atoms with Gasteiger partial charge in [-0.25, -0.2) is 4.98 Å². The van der Waals surface area contributed by atoms with Gasteiger partial charge in [0, 0.05) is 11.3 Å². The number of rotatable bonds is 4. The van der Waals surface area contributed by atoms with Crippen molar-refractivity contribution in [1.29, 1.82) is 0 Å². The van der Waals surface area contributed by atoms with Gasteiger partial charge in [0.1, 0.15) is 5.52 Å². The molecule has 0 amide bonds. The van der Waals surface area contributed by atoms with Crippen molar-refractivity contribution >= 4 is 16.8 Å². The molecule has 0 bridgehead atoms. The molecular weight excluding hydrogens is 284 g/mol. The van der Waals surface area contributed by atoms with E-state index in [4.69, 9.17) is 24.4 Å². The monoisotopic (exact) mass is 300 g/mol. The van der Waals surface area contributed by atoms with Crippen LogP contribution in [0.1, 0.15) is 0 Å². The van der Waals surface area contributed by atoms with Crippen LogP contribution in [0.4, 0.5) is 5.69 Å². The van der Waals surface area contributed by atoms with Crippen molar-refractivity contribution in [3.05, 3.63) is 30.3 Å². The SMILES string of the molecule is COc1cc(-c2nc3cc(N)ccc3o2)cc(OC)c1OC. The van der Waals surface area contributed by atoms with Crippen molar-refractivity contribution in [1.82, 2.24) is 4.98 Å². The quantitative estimate of drug-likeness (QED) is 0.746. The Labute approximate surface area is 127 Å². The number of aromatic nitrogens is 1. The van der Waals surface area contributed by atoms with E-state index >= 15 is 0 Å². The smallest absolute Gasteiger partial charge is 0.227 e. The lowest BCUT2D eigenvalue weighted by molar-refractivity contribution is 0.324. The van der Waals surface area contributed by atoms with E-state index in [-0.39, 0.29) is 0 Å². The molecule has 114 valence electrons. The average molecular weight is 300 g/mol. The van der Waals surface area contributed by atoms with Crippen molar-refractivity contribution in [2.45, 2.75) is 0 Å². The van der Waals surface area contributed by atoms with Crippen LogP contribution < -0.4 is 19.9 Å². The third-order valence-electron chi connectivity index (χ3n) is 3.32. The van der Waals surface area contributed by atoms with Crippen molar-refractivity contribution in [3.63, 3.8) is 0 Å². The summed E-state index contributed by atoms with van der Waals surface area (Å²) in [6.07, 6.45) is 0. The number of hydrogen-bond acceptors (Lipinski definition) is 6. The average Bonchev–Trinajstić information content (AvgIpc) is 2.96. The van der Waals surface area contributed by atoms with Crippen LogP contribution in [-0.2, 0) is 0 Å². The Hall–Kier alpha value is -2.89. The number of benzene rings is 2. The topological polar surface area (TPSA) is 79.7 Å². The summed E-state index contributed by atoms with van der Waals surface area (Å²) < 4.78 is 21.7. The predicted octanol–water partition coefficient (Wildman–Crippen LogP) is 3.10. The number of anilines is 1. The Morgan fingerprint density at radius 1 is 0.955 bits per heavy atom. The molecule has 3 aromatic rings. The molecule has 0 radical (unpaired) electrons. The summed E-state index contributed by atoms with van der Waals surface area (Å²) in [6.45, 7) is 0. The Balaban J connectivity index is 2.17. The molecule has 3 rings (SSSR count). The van der Waals surface area contributed by atoms with Crippen LogP contribution in [0.2, 0.25) is 0 Å². The second-order valence-electron chi connectivity index (χ2n) is 4.66. The van der Waals surface area contributed by atoms with Crippen molar-refractivity contribution in [2.24, 2.45) is 0 Å². The van der Waals surface area contributed by atoms with E-state index in [0.717, 1.165) is 5.56 Å². The van der Waals surface area contributed by atoms with Gasteiger partial charge in [-0.1, -0.05) is 0 Å². The maximum atomic E-state index is 5.76. The molecule has 22 heavy (non-hydrogen) atoms. The lowest BCUT2D eigenvalue weighted by Crippen LogP contribution is -1.95. The number of methoxy groups -OCH3 is 3. The Bertz CT molecular complexity index is 801. The van der Waals surface area contributed by atoms with Crippen LogP contribution in [0.3, 0.4) is 0 Å². The minimum atomic E-state index is 0.458. The molecule has 1 aromatic heterocycles. The number of nitrogen functional groups attached to an aromatic ring is 1.